The Balaban J connectivity index is 1.10. The predicted molar refractivity (Wildman–Crippen MR) is 189 cm³/mol. The second-order valence-electron chi connectivity index (χ2n) is 15.9. The standard InChI is InChI=1S/C38H42ClN5O8/c1-6-18-16-38(18,35(47)48)42-33(45)24-14-20(51-26-13-19(44-11-7-10-40-44)12-22-21(26)8-9-25(50-5)31(22)39)17-43(24)34(46)32(37(2,3)4)41-36(49)52-27-15-23-28-29(23)30(27)28/h6-13,18,20,23-24,27-30,32H,1,14-17H2,2-5H3,(H,41,49)(H,42,45)(H,47,48)/t18-,20-,23?,24+,27-,28-,29?,30?,32-,38-/m1/s1. The molecule has 3 unspecified atom stereocenters. The smallest absolute Gasteiger partial charge is 0.408 e. The normalized spacial score (nSPS) is 31.3. The van der Waals surface area contributed by atoms with E-state index < -0.39 is 58.9 Å². The van der Waals surface area contributed by atoms with Crippen LogP contribution in [0, 0.1) is 35.0 Å². The van der Waals surface area contributed by atoms with E-state index in [2.05, 4.69) is 22.3 Å². The molecule has 2 bridgehead atoms. The van der Waals surface area contributed by atoms with Gasteiger partial charge in [-0.3, -0.25) is 9.59 Å². The maximum Gasteiger partial charge on any atom is 0.408 e. The number of nitrogens with zero attached hydrogens (tertiary/aromatic N) is 3. The summed E-state index contributed by atoms with van der Waals surface area (Å²) in [5.74, 6) is 0.644. The van der Waals surface area contributed by atoms with E-state index in [0.29, 0.717) is 56.7 Å². The van der Waals surface area contributed by atoms with Crippen molar-refractivity contribution < 1.29 is 38.5 Å². The molecule has 1 aromatic heterocycles. The molecule has 0 spiro atoms. The molecule has 3 amide bonds. The first kappa shape index (κ1) is 34.3. The van der Waals surface area contributed by atoms with Gasteiger partial charge in [0.25, 0.3) is 0 Å². The minimum absolute atomic E-state index is 0.0156. The molecule has 10 atom stereocenters. The molecule has 13 nitrogen and oxygen atoms in total. The van der Waals surface area contributed by atoms with Gasteiger partial charge in [-0.15, -0.1) is 6.58 Å². The van der Waals surface area contributed by atoms with Crippen molar-refractivity contribution in [3.05, 3.63) is 60.4 Å². The Morgan fingerprint density at radius 1 is 1.12 bits per heavy atom. The molecule has 1 saturated heterocycles. The summed E-state index contributed by atoms with van der Waals surface area (Å²) >= 11 is 6.78. The van der Waals surface area contributed by atoms with Crippen LogP contribution in [0.2, 0.25) is 5.02 Å². The molecule has 5 aliphatic carbocycles. The van der Waals surface area contributed by atoms with Gasteiger partial charge in [-0.2, -0.15) is 5.10 Å². The van der Waals surface area contributed by atoms with Crippen LogP contribution < -0.4 is 20.1 Å². The van der Waals surface area contributed by atoms with E-state index >= 15 is 0 Å². The minimum Gasteiger partial charge on any atom is -0.495 e. The van der Waals surface area contributed by atoms with E-state index in [-0.39, 0.29) is 25.5 Å². The van der Waals surface area contributed by atoms with Gasteiger partial charge in [0.05, 0.1) is 24.4 Å². The number of ether oxygens (including phenoxy) is 3. The van der Waals surface area contributed by atoms with Crippen molar-refractivity contribution in [1.29, 1.82) is 0 Å². The lowest BCUT2D eigenvalue weighted by molar-refractivity contribution is -0.146. The number of carbonyl (C=O) groups excluding carboxylic acids is 3. The highest BCUT2D eigenvalue weighted by Crippen LogP contribution is 2.82. The molecular weight excluding hydrogens is 690 g/mol. The summed E-state index contributed by atoms with van der Waals surface area (Å²) < 4.78 is 19.6. The van der Waals surface area contributed by atoms with Crippen molar-refractivity contribution in [1.82, 2.24) is 25.3 Å². The van der Waals surface area contributed by atoms with Gasteiger partial charge in [0, 0.05) is 47.5 Å². The van der Waals surface area contributed by atoms with Crippen molar-refractivity contribution >= 4 is 46.3 Å². The summed E-state index contributed by atoms with van der Waals surface area (Å²) in [7, 11) is 1.53. The zero-order valence-corrected chi connectivity index (χ0v) is 30.1. The largest absolute Gasteiger partial charge is 0.495 e. The quantitative estimate of drug-likeness (QED) is 0.240. The average molecular weight is 732 g/mol. The Morgan fingerprint density at radius 3 is 2.48 bits per heavy atom. The summed E-state index contributed by atoms with van der Waals surface area (Å²) in [5, 5.41) is 21.7. The molecule has 2 aromatic carbocycles. The first-order valence-electron chi connectivity index (χ1n) is 17.7. The number of hydrogen-bond acceptors (Lipinski definition) is 8. The summed E-state index contributed by atoms with van der Waals surface area (Å²) in [4.78, 5) is 55.6. The van der Waals surface area contributed by atoms with Crippen LogP contribution in [0.25, 0.3) is 16.5 Å². The second kappa shape index (κ2) is 12.1. The number of aliphatic carboxylic acids is 1. The number of carboxylic acid groups (broad SMARTS) is 1. The van der Waals surface area contributed by atoms with Crippen LogP contribution >= 0.6 is 11.6 Å². The Bertz CT molecular complexity index is 1980. The molecular formula is C38H42ClN5O8. The topological polar surface area (TPSA) is 161 Å². The number of benzene rings is 2. The Kier molecular flexibility index (Phi) is 8.01. The van der Waals surface area contributed by atoms with Gasteiger partial charge in [-0.1, -0.05) is 38.4 Å². The number of methoxy groups -OCH3 is 1. The van der Waals surface area contributed by atoms with Gasteiger partial charge in [0.2, 0.25) is 11.8 Å². The molecule has 6 aliphatic rings. The average Bonchev–Trinajstić information content (AvgIpc) is 3.92. The first-order chi connectivity index (χ1) is 24.7. The summed E-state index contributed by atoms with van der Waals surface area (Å²) in [6.07, 6.45) is 4.55. The molecule has 0 radical (unpaired) electrons. The predicted octanol–water partition coefficient (Wildman–Crippen LogP) is 4.59. The van der Waals surface area contributed by atoms with Gasteiger partial charge >= 0.3 is 12.1 Å². The van der Waals surface area contributed by atoms with E-state index in [9.17, 15) is 24.3 Å². The van der Waals surface area contributed by atoms with Gasteiger partial charge in [0.1, 0.15) is 41.3 Å². The molecule has 274 valence electrons. The number of carboxylic acids is 1. The SMILES string of the molecule is C=C[C@@H]1C[C@]1(NC(=O)[C@@H]1C[C@@H](Oc2cc(-n3cccn3)cc3c(Cl)c(OC)ccc23)CN1C(=O)[C@@H](NC(=O)O[C@@H]1CC2C3C1[C@H]23)C(C)(C)C)C(=O)O. The monoisotopic (exact) mass is 731 g/mol. The van der Waals surface area contributed by atoms with Gasteiger partial charge in [-0.05, 0) is 60.3 Å². The summed E-state index contributed by atoms with van der Waals surface area (Å²) in [6, 6.07) is 6.87. The fraction of sp³-hybridized carbons (Fsp3) is 0.500. The molecule has 3 N–H and O–H groups in total. The Labute approximate surface area is 305 Å². The van der Waals surface area contributed by atoms with Gasteiger partial charge in [0.15, 0.2) is 0 Å². The first-order valence-corrected chi connectivity index (χ1v) is 18.1. The summed E-state index contributed by atoms with van der Waals surface area (Å²) in [6.45, 7) is 9.19. The number of halogens is 1. The maximum atomic E-state index is 14.6. The third-order valence-corrected chi connectivity index (χ3v) is 12.1. The fourth-order valence-corrected chi connectivity index (χ4v) is 9.01. The van der Waals surface area contributed by atoms with Crippen LogP contribution in [-0.2, 0) is 19.1 Å². The lowest BCUT2D eigenvalue weighted by Crippen LogP contribution is -2.59. The third-order valence-electron chi connectivity index (χ3n) is 11.7. The van der Waals surface area contributed by atoms with Gasteiger partial charge in [-0.25, -0.2) is 14.3 Å². The zero-order chi connectivity index (χ0) is 36.9. The number of carbonyl (C=O) groups is 4. The number of nitrogens with one attached hydrogen (secondary N) is 2. The molecule has 52 heavy (non-hydrogen) atoms. The van der Waals surface area contributed by atoms with E-state index in [4.69, 9.17) is 25.8 Å². The minimum atomic E-state index is -1.51. The van der Waals surface area contributed by atoms with E-state index in [1.165, 1.54) is 18.1 Å². The van der Waals surface area contributed by atoms with Crippen LogP contribution in [0.15, 0.2) is 55.4 Å². The van der Waals surface area contributed by atoms with Crippen LogP contribution in [0.4, 0.5) is 4.79 Å². The lowest BCUT2D eigenvalue weighted by Gasteiger charge is -2.35. The Morgan fingerprint density at radius 2 is 1.88 bits per heavy atom. The summed E-state index contributed by atoms with van der Waals surface area (Å²) in [5.41, 5.74) is -1.62. The number of alkyl carbamates (subject to hydrolysis) is 1. The highest BCUT2D eigenvalue weighted by atomic mass is 35.5. The molecule has 1 aliphatic heterocycles. The molecule has 9 rings (SSSR count). The molecule has 14 heteroatoms. The number of likely N-dealkylation sites (tertiary alicyclic amines) is 1. The van der Waals surface area contributed by atoms with Crippen molar-refractivity contribution in [2.75, 3.05) is 13.7 Å². The van der Waals surface area contributed by atoms with Crippen molar-refractivity contribution in [3.8, 4) is 17.2 Å². The van der Waals surface area contributed by atoms with Crippen LogP contribution in [-0.4, -0.2) is 87.1 Å². The van der Waals surface area contributed by atoms with Crippen LogP contribution in [0.5, 0.6) is 11.5 Å². The van der Waals surface area contributed by atoms with E-state index in [1.54, 1.807) is 35.3 Å². The van der Waals surface area contributed by atoms with E-state index in [1.807, 2.05) is 32.9 Å². The third kappa shape index (κ3) is 5.64. The Hall–Kier alpha value is -4.78. The number of fused-ring (bicyclic) bond motifs is 2. The maximum absolute atomic E-state index is 14.6. The highest BCUT2D eigenvalue weighted by Gasteiger charge is 2.81. The molecule has 5 saturated carbocycles. The van der Waals surface area contributed by atoms with Crippen molar-refractivity contribution in [3.63, 3.8) is 0 Å². The molecule has 6 fully saturated rings. The van der Waals surface area contributed by atoms with Crippen molar-refractivity contribution in [2.45, 2.75) is 69.9 Å². The van der Waals surface area contributed by atoms with Crippen molar-refractivity contribution in [2.24, 2.45) is 35.0 Å². The number of amides is 3. The van der Waals surface area contributed by atoms with Crippen LogP contribution in [0.3, 0.4) is 0 Å². The molecule has 3 aromatic rings. The van der Waals surface area contributed by atoms with Crippen LogP contribution in [0.1, 0.15) is 40.0 Å². The second-order valence-corrected chi connectivity index (χ2v) is 16.3. The number of hydrogen-bond donors (Lipinski definition) is 3. The van der Waals surface area contributed by atoms with E-state index in [0.717, 1.165) is 6.42 Å². The highest BCUT2D eigenvalue weighted by molar-refractivity contribution is 6.37. The fourth-order valence-electron chi connectivity index (χ4n) is 8.72. The molecule has 2 heterocycles. The number of aromatic nitrogens is 2. The zero-order valence-electron chi connectivity index (χ0n) is 29.4. The van der Waals surface area contributed by atoms with Gasteiger partial charge < -0.3 is 34.9 Å². The number of rotatable bonds is 11. The lowest BCUT2D eigenvalue weighted by atomic mass is 9.85.